The van der Waals surface area contributed by atoms with E-state index in [1.54, 1.807) is 52.1 Å². The number of rotatable bonds is 9. The molecule has 3 saturated heterocycles. The molecule has 2 bridgehead atoms. The smallest absolute Gasteiger partial charge is 0.338 e. The van der Waals surface area contributed by atoms with Crippen LogP contribution in [-0.2, 0) is 47.4 Å². The molecule has 0 saturated carbocycles. The molecule has 18 atom stereocenters. The first kappa shape index (κ1) is 51.4. The van der Waals surface area contributed by atoms with Crippen LogP contribution in [0.3, 0.4) is 0 Å². The Morgan fingerprint density at radius 2 is 1.63 bits per heavy atom. The minimum Gasteiger partial charge on any atom is -0.459 e. The summed E-state index contributed by atoms with van der Waals surface area (Å²) in [6.07, 6.45) is -2.98. The Labute approximate surface area is 375 Å². The van der Waals surface area contributed by atoms with Gasteiger partial charge in [-0.3, -0.25) is 4.79 Å². The second-order valence-corrected chi connectivity index (χ2v) is 19.5. The van der Waals surface area contributed by atoms with Crippen LogP contribution in [0.15, 0.2) is 42.5 Å². The highest BCUT2D eigenvalue weighted by molar-refractivity contribution is 5.89. The molecule has 5 rings (SSSR count). The molecule has 4 aliphatic heterocycles. The number of fused-ring (bicyclic) bond motifs is 6. The molecule has 0 radical (unpaired) electrons. The maximum absolute atomic E-state index is 14.7. The minimum absolute atomic E-state index is 0.000955. The van der Waals surface area contributed by atoms with Crippen LogP contribution in [0.4, 0.5) is 0 Å². The highest BCUT2D eigenvalue weighted by Gasteiger charge is 2.54. The molecule has 63 heavy (non-hydrogen) atoms. The molecule has 15 nitrogen and oxygen atoms in total. The summed E-state index contributed by atoms with van der Waals surface area (Å²) in [5.41, 5.74) is -3.32. The molecule has 1 aromatic rings. The molecule has 1 aromatic carbocycles. The molecule has 0 spiro atoms. The lowest BCUT2D eigenvalue weighted by atomic mass is 9.77. The number of aliphatic hydroxyl groups is 2. The largest absolute Gasteiger partial charge is 0.459 e. The van der Waals surface area contributed by atoms with Gasteiger partial charge < -0.3 is 63.1 Å². The van der Waals surface area contributed by atoms with Crippen molar-refractivity contribution in [2.75, 3.05) is 41.0 Å². The lowest BCUT2D eigenvalue weighted by Gasteiger charge is -2.50. The van der Waals surface area contributed by atoms with Gasteiger partial charge in [-0.25, -0.2) is 4.79 Å². The standard InChI is InChI=1S/C48H78N2O13/c1-14-36-48(10,54)41-32(6)49-27-28(2)25-47(9,57-23-19-18-22-56-41)40(63-45-38(51)35(50(11)12)24-29(3)58-45)30(4)39(31(5)43(52)60-36)61-37-26-46(8,55-13)42(33(7)59-37)62-44(53)34-20-16-15-17-21-34/h15-21,28-33,35-42,45,49,51,54H,14,22-27H2,1-13H3/b19-18-/t28-,29-,30+,31?,32-,33+,35+,36-,37+,38-,39?,40-,41+,42+,45+,46-,47-,48-/m1/s1. The van der Waals surface area contributed by atoms with E-state index in [0.29, 0.717) is 31.4 Å². The molecule has 0 aromatic heterocycles. The zero-order chi connectivity index (χ0) is 46.4. The summed E-state index contributed by atoms with van der Waals surface area (Å²) in [5.74, 6) is -2.72. The fourth-order valence-electron chi connectivity index (χ4n) is 10.3. The molecule has 2 unspecified atom stereocenters. The fourth-order valence-corrected chi connectivity index (χ4v) is 10.3. The Kier molecular flexibility index (Phi) is 17.8. The lowest BCUT2D eigenvalue weighted by molar-refractivity contribution is -0.320. The van der Waals surface area contributed by atoms with E-state index in [0.717, 1.165) is 0 Å². The average molecular weight is 891 g/mol. The Hall–Kier alpha value is -2.54. The molecule has 3 fully saturated rings. The molecule has 4 aliphatic rings. The summed E-state index contributed by atoms with van der Waals surface area (Å²) >= 11 is 0. The van der Waals surface area contributed by atoms with Gasteiger partial charge in [0.15, 0.2) is 18.7 Å². The summed E-state index contributed by atoms with van der Waals surface area (Å²) in [6, 6.07) is 8.15. The predicted molar refractivity (Wildman–Crippen MR) is 236 cm³/mol. The molecular formula is C48H78N2O13. The van der Waals surface area contributed by atoms with Crippen molar-refractivity contribution in [3.63, 3.8) is 0 Å². The number of hydrogen-bond acceptors (Lipinski definition) is 15. The number of benzene rings is 1. The number of nitrogens with zero attached hydrogens (tertiary/aromatic N) is 1. The zero-order valence-electron chi connectivity index (χ0n) is 40.0. The molecule has 0 amide bonds. The van der Waals surface area contributed by atoms with Gasteiger partial charge in [0.05, 0.1) is 54.7 Å². The summed E-state index contributed by atoms with van der Waals surface area (Å²) in [6.45, 7) is 19.9. The number of ether oxygens (including phenoxy) is 9. The maximum atomic E-state index is 14.7. The Morgan fingerprint density at radius 3 is 2.29 bits per heavy atom. The van der Waals surface area contributed by atoms with Gasteiger partial charge in [0.2, 0.25) is 0 Å². The first-order valence-electron chi connectivity index (χ1n) is 23.0. The fraction of sp³-hybridized carbons (Fsp3) is 0.792. The van der Waals surface area contributed by atoms with E-state index in [1.807, 2.05) is 78.8 Å². The van der Waals surface area contributed by atoms with Crippen LogP contribution in [0.25, 0.3) is 0 Å². The summed E-state index contributed by atoms with van der Waals surface area (Å²) < 4.78 is 59.0. The number of nitrogens with one attached hydrogen (secondary N) is 1. The second kappa shape index (κ2) is 21.8. The Morgan fingerprint density at radius 1 is 0.952 bits per heavy atom. The first-order chi connectivity index (χ1) is 29.6. The van der Waals surface area contributed by atoms with E-state index in [-0.39, 0.29) is 43.7 Å². The third-order valence-corrected chi connectivity index (χ3v) is 13.9. The summed E-state index contributed by atoms with van der Waals surface area (Å²) in [4.78, 5) is 30.0. The number of carbonyl (C=O) groups excluding carboxylic acids is 2. The van der Waals surface area contributed by atoms with Crippen molar-refractivity contribution in [2.24, 2.45) is 17.8 Å². The zero-order valence-corrected chi connectivity index (χ0v) is 40.0. The van der Waals surface area contributed by atoms with E-state index in [4.69, 9.17) is 42.6 Å². The van der Waals surface area contributed by atoms with Crippen molar-refractivity contribution in [3.8, 4) is 0 Å². The van der Waals surface area contributed by atoms with Crippen molar-refractivity contribution >= 4 is 11.9 Å². The Balaban J connectivity index is 1.61. The predicted octanol–water partition coefficient (Wildman–Crippen LogP) is 5.04. The van der Waals surface area contributed by atoms with Gasteiger partial charge in [-0.05, 0) is 106 Å². The lowest BCUT2D eigenvalue weighted by Crippen LogP contribution is -2.61. The van der Waals surface area contributed by atoms with Crippen LogP contribution in [0.1, 0.15) is 105 Å². The molecule has 3 N–H and O–H groups in total. The van der Waals surface area contributed by atoms with Gasteiger partial charge in [-0.2, -0.15) is 0 Å². The Bertz CT molecular complexity index is 1650. The van der Waals surface area contributed by atoms with E-state index < -0.39 is 95.9 Å². The quantitative estimate of drug-likeness (QED) is 0.222. The number of cyclic esters (lactones) is 1. The van der Waals surface area contributed by atoms with Crippen molar-refractivity contribution in [1.82, 2.24) is 10.2 Å². The van der Waals surface area contributed by atoms with Gasteiger partial charge in [0, 0.05) is 31.5 Å². The number of methoxy groups -OCH3 is 1. The summed E-state index contributed by atoms with van der Waals surface area (Å²) in [5, 5.41) is 27.8. The van der Waals surface area contributed by atoms with Crippen molar-refractivity contribution in [1.29, 1.82) is 0 Å². The van der Waals surface area contributed by atoms with Crippen LogP contribution in [0.2, 0.25) is 0 Å². The normalized spacial score (nSPS) is 44.2. The van der Waals surface area contributed by atoms with Crippen LogP contribution in [0.5, 0.6) is 0 Å². The first-order valence-corrected chi connectivity index (χ1v) is 23.0. The second-order valence-electron chi connectivity index (χ2n) is 19.5. The molecule has 358 valence electrons. The van der Waals surface area contributed by atoms with Gasteiger partial charge in [-0.1, -0.05) is 51.1 Å². The van der Waals surface area contributed by atoms with E-state index in [2.05, 4.69) is 12.2 Å². The van der Waals surface area contributed by atoms with Crippen molar-refractivity contribution in [2.45, 2.75) is 185 Å². The maximum Gasteiger partial charge on any atom is 0.338 e. The highest BCUT2D eigenvalue weighted by Crippen LogP contribution is 2.42. The van der Waals surface area contributed by atoms with Crippen LogP contribution in [-0.4, -0.2) is 158 Å². The number of aliphatic hydroxyl groups excluding tert-OH is 1. The highest BCUT2D eigenvalue weighted by atomic mass is 16.7. The number of likely N-dealkylation sites (N-methyl/N-ethyl adjacent to an activating group) is 1. The molecular weight excluding hydrogens is 813 g/mol. The van der Waals surface area contributed by atoms with E-state index >= 15 is 0 Å². The topological polar surface area (TPSA) is 173 Å². The average Bonchev–Trinajstić information content (AvgIpc) is 3.24. The van der Waals surface area contributed by atoms with Gasteiger partial charge >= 0.3 is 11.9 Å². The van der Waals surface area contributed by atoms with Crippen LogP contribution < -0.4 is 5.32 Å². The van der Waals surface area contributed by atoms with Crippen LogP contribution in [0, 0.1) is 17.8 Å². The summed E-state index contributed by atoms with van der Waals surface area (Å²) in [7, 11) is 5.41. The molecule has 4 heterocycles. The third-order valence-electron chi connectivity index (χ3n) is 13.9. The van der Waals surface area contributed by atoms with Gasteiger partial charge in [0.25, 0.3) is 0 Å². The minimum atomic E-state index is -1.60. The molecule has 15 heteroatoms. The monoisotopic (exact) mass is 891 g/mol. The van der Waals surface area contributed by atoms with E-state index in [9.17, 15) is 19.8 Å². The van der Waals surface area contributed by atoms with Gasteiger partial charge in [0.1, 0.15) is 29.5 Å². The SMILES string of the molecule is CC[C@H]1OC(=O)C(C)C(O[C@H]2C[C@@](C)(OC)[C@@H](OC(=O)c3ccccc3)[C@H](C)O2)[C@H](C)[C@@H](O[C@@H]2O[C@H](C)C[C@H](N(C)C)[C@H]2O)[C@@]2(C)C[C@@H](C)CN[C@H](C)[C@H](OC/C=C\CO2)[C@]1(C)O. The third kappa shape index (κ3) is 12.1. The van der Waals surface area contributed by atoms with Crippen molar-refractivity contribution in [3.05, 3.63) is 48.0 Å². The van der Waals surface area contributed by atoms with Crippen molar-refractivity contribution < 1.29 is 62.4 Å². The number of hydrogen-bond donors (Lipinski definition) is 3. The number of carbonyl (C=O) groups is 2. The van der Waals surface area contributed by atoms with Gasteiger partial charge in [-0.15, -0.1) is 0 Å². The number of esters is 2. The van der Waals surface area contributed by atoms with Crippen LogP contribution >= 0.6 is 0 Å². The van der Waals surface area contributed by atoms with E-state index in [1.165, 1.54) is 0 Å². The molecule has 0 aliphatic carbocycles.